The molecule has 1 heterocycles. The highest BCUT2D eigenvalue weighted by Crippen LogP contribution is 2.58. The summed E-state index contributed by atoms with van der Waals surface area (Å²) in [6.45, 7) is 0. The van der Waals surface area contributed by atoms with Crippen LogP contribution in [0.4, 0.5) is 0 Å². The molecule has 0 atom stereocenters. The molecule has 0 aliphatic heterocycles. The van der Waals surface area contributed by atoms with Crippen LogP contribution in [0.5, 0.6) is 0 Å². The van der Waals surface area contributed by atoms with Crippen molar-refractivity contribution in [2.45, 2.75) is 75.0 Å². The second kappa shape index (κ2) is 10.7. The summed E-state index contributed by atoms with van der Waals surface area (Å²) in [5.41, 5.74) is 17.5. The fourth-order valence-electron chi connectivity index (χ4n) is 11.3. The lowest BCUT2D eigenvalue weighted by molar-refractivity contribution is 0.353. The Kier molecular flexibility index (Phi) is 6.19. The number of rotatable bonds is 2. The molecule has 0 amide bonds. The van der Waals surface area contributed by atoms with Crippen LogP contribution in [0.25, 0.3) is 66.1 Å². The van der Waals surface area contributed by atoms with Gasteiger partial charge in [-0.1, -0.05) is 136 Å². The zero-order chi connectivity index (χ0) is 32.9. The van der Waals surface area contributed by atoms with Crippen molar-refractivity contribution in [2.24, 2.45) is 0 Å². The summed E-state index contributed by atoms with van der Waals surface area (Å²) in [4.78, 5) is 4.78. The quantitative estimate of drug-likeness (QED) is 0.171. The van der Waals surface area contributed by atoms with Crippen molar-refractivity contribution >= 4 is 21.5 Å². The van der Waals surface area contributed by atoms with Gasteiger partial charge in [-0.2, -0.15) is 0 Å². The molecule has 6 aromatic carbocycles. The van der Waals surface area contributed by atoms with E-state index in [0.717, 1.165) is 0 Å². The number of nitrogens with zero attached hydrogens (tertiary/aromatic N) is 1. The zero-order valence-corrected chi connectivity index (χ0v) is 28.6. The zero-order valence-electron chi connectivity index (χ0n) is 28.6. The topological polar surface area (TPSA) is 12.9 Å². The van der Waals surface area contributed by atoms with E-state index in [1.807, 2.05) is 6.20 Å². The molecule has 0 bridgehead atoms. The summed E-state index contributed by atoms with van der Waals surface area (Å²) < 4.78 is 0. The van der Waals surface area contributed by atoms with Gasteiger partial charge in [-0.15, -0.1) is 0 Å². The third kappa shape index (κ3) is 3.81. The van der Waals surface area contributed by atoms with E-state index in [-0.39, 0.29) is 10.8 Å². The summed E-state index contributed by atoms with van der Waals surface area (Å²) in [5, 5.41) is 5.17. The molecule has 11 rings (SSSR count). The van der Waals surface area contributed by atoms with E-state index in [0.29, 0.717) is 0 Å². The Morgan fingerprint density at radius 3 is 1.36 bits per heavy atom. The minimum atomic E-state index is 0.126. The van der Waals surface area contributed by atoms with Gasteiger partial charge in [0.2, 0.25) is 0 Å². The summed E-state index contributed by atoms with van der Waals surface area (Å²) in [6, 6.07) is 44.7. The molecule has 0 radical (unpaired) electrons. The van der Waals surface area contributed by atoms with Gasteiger partial charge in [0.15, 0.2) is 0 Å². The molecule has 1 heteroatoms. The highest BCUT2D eigenvalue weighted by Gasteiger charge is 2.45. The van der Waals surface area contributed by atoms with Crippen LogP contribution in [-0.4, -0.2) is 4.98 Å². The maximum Gasteiger partial charge on any atom is 0.0353 e. The van der Waals surface area contributed by atoms with E-state index in [2.05, 4.69) is 121 Å². The number of fused-ring (bicyclic) bond motifs is 12. The van der Waals surface area contributed by atoms with E-state index >= 15 is 0 Å². The first-order valence-corrected chi connectivity index (χ1v) is 19.0. The molecule has 4 aliphatic carbocycles. The van der Waals surface area contributed by atoms with Crippen molar-refractivity contribution in [3.8, 4) is 44.5 Å². The van der Waals surface area contributed by atoms with E-state index < -0.39 is 0 Å². The fourth-order valence-corrected chi connectivity index (χ4v) is 11.3. The van der Waals surface area contributed by atoms with Gasteiger partial charge in [0.25, 0.3) is 0 Å². The van der Waals surface area contributed by atoms with Crippen molar-refractivity contribution < 1.29 is 0 Å². The van der Waals surface area contributed by atoms with Gasteiger partial charge >= 0.3 is 0 Å². The molecular weight excluding hydrogens is 603 g/mol. The van der Waals surface area contributed by atoms with Crippen LogP contribution in [0, 0.1) is 0 Å². The Bertz CT molecular complexity index is 2270. The molecule has 242 valence electrons. The predicted octanol–water partition coefficient (Wildman–Crippen LogP) is 13.2. The molecule has 2 spiro atoms. The predicted molar refractivity (Wildman–Crippen MR) is 209 cm³/mol. The fraction of sp³-hybridized carbons (Fsp3) is 0.245. The third-order valence-corrected chi connectivity index (χ3v) is 13.4. The maximum atomic E-state index is 4.78. The second-order valence-corrected chi connectivity index (χ2v) is 15.6. The van der Waals surface area contributed by atoms with Crippen molar-refractivity contribution in [3.63, 3.8) is 0 Å². The molecule has 1 nitrogen and oxygen atoms in total. The first kappa shape index (κ1) is 28.8. The van der Waals surface area contributed by atoms with Gasteiger partial charge in [-0.25, -0.2) is 0 Å². The first-order chi connectivity index (χ1) is 24.8. The molecule has 2 saturated carbocycles. The molecule has 7 aromatic rings. The van der Waals surface area contributed by atoms with Crippen molar-refractivity contribution in [2.75, 3.05) is 0 Å². The Balaban J connectivity index is 1.15. The summed E-state index contributed by atoms with van der Waals surface area (Å²) in [7, 11) is 0. The van der Waals surface area contributed by atoms with Gasteiger partial charge in [0.05, 0.1) is 0 Å². The van der Waals surface area contributed by atoms with Crippen molar-refractivity contribution in [3.05, 3.63) is 150 Å². The van der Waals surface area contributed by atoms with Gasteiger partial charge in [0, 0.05) is 28.6 Å². The monoisotopic (exact) mass is 643 g/mol. The standard InChI is InChI=1S/C49H41N/c1-9-24-48(25-10-1)42-17-7-5-13-34(42)36-21-19-32(29-44(36)48)46-38-15-3-4-16-39(38)47(41-31-50-28-23-40(41)46)33-20-22-37-35-14-6-8-18-43(35)49(45(37)30-33)26-11-2-12-27-49/h3-8,13-23,28-31H,1-2,9-12,24-27H2. The molecule has 4 aliphatic rings. The number of pyridine rings is 1. The van der Waals surface area contributed by atoms with Gasteiger partial charge < -0.3 is 0 Å². The molecule has 0 saturated heterocycles. The average molecular weight is 644 g/mol. The minimum Gasteiger partial charge on any atom is -0.264 e. The maximum absolute atomic E-state index is 4.78. The van der Waals surface area contributed by atoms with E-state index in [9.17, 15) is 0 Å². The SMILES string of the molecule is c1ccc2c(c1)-c1ccc(-c3c4ccccc4c(-c4ccc5c(c4)C4(CCCCC4)c4ccccc4-5)c4cnccc34)cc1C21CCCCC1. The van der Waals surface area contributed by atoms with Crippen molar-refractivity contribution in [1.29, 1.82) is 0 Å². The Morgan fingerprint density at radius 1 is 0.380 bits per heavy atom. The van der Waals surface area contributed by atoms with E-state index in [4.69, 9.17) is 4.98 Å². The largest absolute Gasteiger partial charge is 0.264 e. The van der Waals surface area contributed by atoms with Gasteiger partial charge in [-0.05, 0) is 127 Å². The average Bonchev–Trinajstić information content (AvgIpc) is 3.60. The highest BCUT2D eigenvalue weighted by molar-refractivity contribution is 6.21. The number of benzene rings is 6. The molecule has 0 unspecified atom stereocenters. The van der Waals surface area contributed by atoms with E-state index in [1.54, 1.807) is 16.7 Å². The van der Waals surface area contributed by atoms with E-state index in [1.165, 1.54) is 136 Å². The lowest BCUT2D eigenvalue weighted by Gasteiger charge is -2.36. The molecule has 50 heavy (non-hydrogen) atoms. The van der Waals surface area contributed by atoms with Crippen LogP contribution >= 0.6 is 0 Å². The van der Waals surface area contributed by atoms with Gasteiger partial charge in [-0.3, -0.25) is 4.98 Å². The Morgan fingerprint density at radius 2 is 0.820 bits per heavy atom. The van der Waals surface area contributed by atoms with Crippen LogP contribution in [0.15, 0.2) is 128 Å². The highest BCUT2D eigenvalue weighted by atomic mass is 14.6. The lowest BCUT2D eigenvalue weighted by Crippen LogP contribution is -2.28. The molecule has 2 fully saturated rings. The van der Waals surface area contributed by atoms with Gasteiger partial charge in [0.1, 0.15) is 0 Å². The molecular formula is C49H41N. The third-order valence-electron chi connectivity index (χ3n) is 13.4. The lowest BCUT2D eigenvalue weighted by atomic mass is 9.67. The first-order valence-electron chi connectivity index (χ1n) is 19.0. The van der Waals surface area contributed by atoms with Crippen molar-refractivity contribution in [1.82, 2.24) is 4.98 Å². The number of aromatic nitrogens is 1. The molecule has 1 aromatic heterocycles. The Labute approximate surface area is 295 Å². The van der Waals surface area contributed by atoms with Crippen LogP contribution < -0.4 is 0 Å². The minimum absolute atomic E-state index is 0.126. The Hall–Kier alpha value is -5.01. The second-order valence-electron chi connectivity index (χ2n) is 15.6. The summed E-state index contributed by atoms with van der Waals surface area (Å²) in [6.07, 6.45) is 17.0. The summed E-state index contributed by atoms with van der Waals surface area (Å²) >= 11 is 0. The van der Waals surface area contributed by atoms with Crippen LogP contribution in [0.3, 0.4) is 0 Å². The number of hydrogen-bond acceptors (Lipinski definition) is 1. The summed E-state index contributed by atoms with van der Waals surface area (Å²) in [5.74, 6) is 0. The van der Waals surface area contributed by atoms with Crippen LogP contribution in [0.1, 0.15) is 86.5 Å². The molecule has 0 N–H and O–H groups in total. The smallest absolute Gasteiger partial charge is 0.0353 e. The van der Waals surface area contributed by atoms with Crippen LogP contribution in [0.2, 0.25) is 0 Å². The normalized spacial score (nSPS) is 17.9. The number of hydrogen-bond donors (Lipinski definition) is 0. The van der Waals surface area contributed by atoms with Crippen LogP contribution in [-0.2, 0) is 10.8 Å².